The van der Waals surface area contributed by atoms with Crippen LogP contribution >= 0.6 is 0 Å². The lowest BCUT2D eigenvalue weighted by atomic mass is 10.1. The number of hydrogen-bond donors (Lipinski definition) is 0. The Bertz CT molecular complexity index is 154. The molecule has 0 saturated carbocycles. The molecule has 0 aromatic heterocycles. The van der Waals surface area contributed by atoms with Gasteiger partial charge in [-0.15, -0.1) is 0 Å². The van der Waals surface area contributed by atoms with Gasteiger partial charge in [0.2, 0.25) is 0 Å². The van der Waals surface area contributed by atoms with Crippen LogP contribution in [0.5, 0.6) is 0 Å². The molecule has 2 aliphatic rings. The summed E-state index contributed by atoms with van der Waals surface area (Å²) in [6, 6.07) is 0. The molecule has 2 heterocycles. The molecule has 0 aromatic rings. The van der Waals surface area contributed by atoms with E-state index in [0.717, 1.165) is 12.8 Å². The highest BCUT2D eigenvalue weighted by molar-refractivity contribution is 4.56. The molecule has 2 bridgehead atoms. The summed E-state index contributed by atoms with van der Waals surface area (Å²) in [4.78, 5) is 10.3. The van der Waals surface area contributed by atoms with E-state index in [9.17, 15) is 0 Å². The van der Waals surface area contributed by atoms with Crippen molar-refractivity contribution in [2.75, 3.05) is 0 Å². The lowest BCUT2D eigenvalue weighted by Crippen LogP contribution is -2.11. The zero-order valence-electron chi connectivity index (χ0n) is 9.45. The molecule has 2 fully saturated rings. The third-order valence-corrected chi connectivity index (χ3v) is 3.20. The van der Waals surface area contributed by atoms with Crippen molar-refractivity contribution in [2.45, 2.75) is 76.8 Å². The lowest BCUT2D eigenvalue weighted by molar-refractivity contribution is -0.298. The molecule has 0 aromatic carbocycles. The highest BCUT2D eigenvalue weighted by Gasteiger charge is 2.26. The van der Waals surface area contributed by atoms with Gasteiger partial charge in [0.25, 0.3) is 0 Å². The topological polar surface area (TPSA) is 27.7 Å². The standard InChI is InChI=1S/C12H22O3/c1-2-4-6-8-10-12-13-11(14-15-12)9-7-5-3-1/h11-12H,1-10H2/t11-,12+. The van der Waals surface area contributed by atoms with Crippen LogP contribution < -0.4 is 0 Å². The molecule has 15 heavy (non-hydrogen) atoms. The minimum Gasteiger partial charge on any atom is -0.318 e. The number of ether oxygens (including phenoxy) is 1. The van der Waals surface area contributed by atoms with Crippen LogP contribution in [0.4, 0.5) is 0 Å². The van der Waals surface area contributed by atoms with E-state index in [1.54, 1.807) is 0 Å². The van der Waals surface area contributed by atoms with E-state index in [0.29, 0.717) is 0 Å². The molecular formula is C12H22O3. The minimum absolute atomic E-state index is 0.101. The fraction of sp³-hybridized carbons (Fsp3) is 1.00. The first-order chi connectivity index (χ1) is 7.45. The molecule has 0 spiro atoms. The summed E-state index contributed by atoms with van der Waals surface area (Å²) in [5.74, 6) is 0. The van der Waals surface area contributed by atoms with Gasteiger partial charge in [-0.3, -0.25) is 0 Å². The number of rotatable bonds is 0. The molecule has 0 N–H and O–H groups in total. The molecule has 0 aliphatic carbocycles. The predicted octanol–water partition coefficient (Wildman–Crippen LogP) is 3.53. The summed E-state index contributed by atoms with van der Waals surface area (Å²) >= 11 is 0. The van der Waals surface area contributed by atoms with Gasteiger partial charge in [-0.1, -0.05) is 38.5 Å². The van der Waals surface area contributed by atoms with E-state index in [1.165, 1.54) is 51.4 Å². The first-order valence-electron chi connectivity index (χ1n) is 6.43. The van der Waals surface area contributed by atoms with Crippen LogP contribution in [-0.2, 0) is 14.5 Å². The molecule has 2 rings (SSSR count). The Morgan fingerprint density at radius 2 is 0.933 bits per heavy atom. The second kappa shape index (κ2) is 6.46. The van der Waals surface area contributed by atoms with Crippen molar-refractivity contribution in [1.82, 2.24) is 0 Å². The van der Waals surface area contributed by atoms with Crippen molar-refractivity contribution in [2.24, 2.45) is 0 Å². The van der Waals surface area contributed by atoms with Crippen molar-refractivity contribution in [3.05, 3.63) is 0 Å². The Morgan fingerprint density at radius 1 is 0.533 bits per heavy atom. The Kier molecular flexibility index (Phi) is 4.90. The molecule has 3 heteroatoms. The van der Waals surface area contributed by atoms with Crippen LogP contribution in [0.2, 0.25) is 0 Å². The second-order valence-electron chi connectivity index (χ2n) is 4.59. The first kappa shape index (κ1) is 11.4. The van der Waals surface area contributed by atoms with Gasteiger partial charge < -0.3 is 4.74 Å². The molecule has 88 valence electrons. The summed E-state index contributed by atoms with van der Waals surface area (Å²) in [7, 11) is 0. The van der Waals surface area contributed by atoms with Crippen LogP contribution in [-0.4, -0.2) is 12.6 Å². The van der Waals surface area contributed by atoms with Gasteiger partial charge >= 0.3 is 0 Å². The summed E-state index contributed by atoms with van der Waals surface area (Å²) < 4.78 is 5.63. The van der Waals surface area contributed by atoms with E-state index in [-0.39, 0.29) is 12.6 Å². The third-order valence-electron chi connectivity index (χ3n) is 3.20. The number of fused-ring (bicyclic) bond motifs is 2. The van der Waals surface area contributed by atoms with Crippen molar-refractivity contribution in [3.63, 3.8) is 0 Å². The molecule has 0 radical (unpaired) electrons. The van der Waals surface area contributed by atoms with Crippen molar-refractivity contribution >= 4 is 0 Å². The average Bonchev–Trinajstić information content (AvgIpc) is 2.69. The molecule has 3 nitrogen and oxygen atoms in total. The van der Waals surface area contributed by atoms with Gasteiger partial charge in [-0.05, 0) is 12.8 Å². The molecule has 2 saturated heterocycles. The van der Waals surface area contributed by atoms with E-state index in [2.05, 4.69) is 0 Å². The van der Waals surface area contributed by atoms with Crippen molar-refractivity contribution < 1.29 is 14.5 Å². The normalized spacial score (nSPS) is 35.2. The summed E-state index contributed by atoms with van der Waals surface area (Å²) in [5.41, 5.74) is 0. The van der Waals surface area contributed by atoms with Crippen LogP contribution in [0.3, 0.4) is 0 Å². The molecule has 2 atom stereocenters. The van der Waals surface area contributed by atoms with E-state index < -0.39 is 0 Å². The third kappa shape index (κ3) is 4.09. The zero-order chi connectivity index (χ0) is 10.3. The highest BCUT2D eigenvalue weighted by atomic mass is 17.3. The average molecular weight is 214 g/mol. The van der Waals surface area contributed by atoms with Gasteiger partial charge in [-0.25, -0.2) is 9.78 Å². The summed E-state index contributed by atoms with van der Waals surface area (Å²) in [6.07, 6.45) is 12.3. The largest absolute Gasteiger partial charge is 0.318 e. The first-order valence-corrected chi connectivity index (χ1v) is 6.43. The quantitative estimate of drug-likeness (QED) is 0.577. The fourth-order valence-corrected chi connectivity index (χ4v) is 2.25. The maximum absolute atomic E-state index is 5.63. The van der Waals surface area contributed by atoms with E-state index in [1.807, 2.05) is 0 Å². The smallest absolute Gasteiger partial charge is 0.194 e. The molecule has 0 amide bonds. The Balaban J connectivity index is 1.73. The minimum atomic E-state index is -0.101. The second-order valence-corrected chi connectivity index (χ2v) is 4.59. The maximum atomic E-state index is 5.63. The van der Waals surface area contributed by atoms with Gasteiger partial charge in [0.1, 0.15) is 0 Å². The van der Waals surface area contributed by atoms with Crippen LogP contribution in [0.15, 0.2) is 0 Å². The Morgan fingerprint density at radius 3 is 1.40 bits per heavy atom. The van der Waals surface area contributed by atoms with Crippen molar-refractivity contribution in [3.8, 4) is 0 Å². The van der Waals surface area contributed by atoms with Crippen molar-refractivity contribution in [1.29, 1.82) is 0 Å². The maximum Gasteiger partial charge on any atom is 0.194 e. The summed E-state index contributed by atoms with van der Waals surface area (Å²) in [5, 5.41) is 0. The molecular weight excluding hydrogens is 192 g/mol. The van der Waals surface area contributed by atoms with E-state index in [4.69, 9.17) is 14.5 Å². The van der Waals surface area contributed by atoms with Gasteiger partial charge in [0.15, 0.2) is 12.6 Å². The summed E-state index contributed by atoms with van der Waals surface area (Å²) in [6.45, 7) is 0. The SMILES string of the molecule is C1CCCCC[C@H]2OO[C@@H](CCCC1)O2. The van der Waals surface area contributed by atoms with Gasteiger partial charge in [0, 0.05) is 12.8 Å². The fourth-order valence-electron chi connectivity index (χ4n) is 2.25. The van der Waals surface area contributed by atoms with E-state index >= 15 is 0 Å². The predicted molar refractivity (Wildman–Crippen MR) is 57.0 cm³/mol. The monoisotopic (exact) mass is 214 g/mol. The van der Waals surface area contributed by atoms with Crippen LogP contribution in [0, 0.1) is 0 Å². The zero-order valence-corrected chi connectivity index (χ0v) is 9.45. The van der Waals surface area contributed by atoms with Gasteiger partial charge in [-0.2, -0.15) is 0 Å². The molecule has 2 aliphatic heterocycles. The highest BCUT2D eigenvalue weighted by Crippen LogP contribution is 2.23. The van der Waals surface area contributed by atoms with Crippen LogP contribution in [0.1, 0.15) is 64.2 Å². The van der Waals surface area contributed by atoms with Gasteiger partial charge in [0.05, 0.1) is 0 Å². The molecule has 0 unspecified atom stereocenters. The lowest BCUT2D eigenvalue weighted by Gasteiger charge is -2.06. The Hall–Kier alpha value is -0.120. The Labute approximate surface area is 92.0 Å². The number of hydrogen-bond acceptors (Lipinski definition) is 3. The van der Waals surface area contributed by atoms with Crippen LogP contribution in [0.25, 0.3) is 0 Å².